The van der Waals surface area contributed by atoms with Gasteiger partial charge < -0.3 is 8.23 Å². The molecule has 0 radical (unpaired) electrons. The van der Waals surface area contributed by atoms with E-state index in [2.05, 4.69) is 65.5 Å². The SMILES string of the molecule is C=C[Si](OO[Si](C)(C)C)(O[Si](C)(C)C)O[Si](C)(C)C. The molecule has 0 rings (SSSR count). The van der Waals surface area contributed by atoms with Crippen LogP contribution in [0.3, 0.4) is 0 Å². The molecule has 4 nitrogen and oxygen atoms in total. The summed E-state index contributed by atoms with van der Waals surface area (Å²) in [5, 5.41) is 0. The Labute approximate surface area is 122 Å². The highest BCUT2D eigenvalue weighted by atomic mass is 28.5. The van der Waals surface area contributed by atoms with Gasteiger partial charge in [-0.1, -0.05) is 6.58 Å². The van der Waals surface area contributed by atoms with Gasteiger partial charge >= 0.3 is 8.80 Å². The van der Waals surface area contributed by atoms with Crippen LogP contribution in [0.2, 0.25) is 58.9 Å². The zero-order chi connectivity index (χ0) is 15.5. The first-order valence-corrected chi connectivity index (χ1v) is 18.6. The molecule has 0 heterocycles. The summed E-state index contributed by atoms with van der Waals surface area (Å²) >= 11 is 0. The molecule has 0 bridgehead atoms. The van der Waals surface area contributed by atoms with Gasteiger partial charge in [-0.15, -0.1) is 0 Å². The number of hydrogen-bond donors (Lipinski definition) is 0. The van der Waals surface area contributed by atoms with Crippen molar-refractivity contribution in [1.82, 2.24) is 0 Å². The molecule has 0 aromatic rings. The molecule has 0 atom stereocenters. The Kier molecular flexibility index (Phi) is 6.63. The van der Waals surface area contributed by atoms with Gasteiger partial charge in [-0.3, -0.25) is 4.58 Å². The van der Waals surface area contributed by atoms with E-state index >= 15 is 0 Å². The molecule has 0 fully saturated rings. The fourth-order valence-electron chi connectivity index (χ4n) is 1.21. The van der Waals surface area contributed by atoms with E-state index in [0.717, 1.165) is 0 Å². The first-order chi connectivity index (χ1) is 8.18. The van der Waals surface area contributed by atoms with E-state index < -0.39 is 33.8 Å². The van der Waals surface area contributed by atoms with Gasteiger partial charge in [-0.05, 0) is 64.6 Å². The molecule has 0 amide bonds. The van der Waals surface area contributed by atoms with Crippen molar-refractivity contribution in [3.05, 3.63) is 12.3 Å². The van der Waals surface area contributed by atoms with Crippen LogP contribution in [0.15, 0.2) is 12.3 Å². The summed E-state index contributed by atoms with van der Waals surface area (Å²) < 4.78 is 23.7. The maximum absolute atomic E-state index is 6.19. The van der Waals surface area contributed by atoms with E-state index in [-0.39, 0.29) is 0 Å². The highest BCUT2D eigenvalue weighted by Crippen LogP contribution is 2.24. The highest BCUT2D eigenvalue weighted by Gasteiger charge is 2.47. The highest BCUT2D eigenvalue weighted by molar-refractivity contribution is 6.87. The number of hydrogen-bond acceptors (Lipinski definition) is 4. The maximum atomic E-state index is 6.19. The summed E-state index contributed by atoms with van der Waals surface area (Å²) in [7, 11) is -8.37. The second-order valence-corrected chi connectivity index (χ2v) is 23.8. The second-order valence-electron chi connectivity index (χ2n) is 7.52. The molecule has 0 aliphatic carbocycles. The normalized spacial score (nSPS) is 14.6. The Morgan fingerprint density at radius 3 is 1.21 bits per heavy atom. The molecule has 0 aromatic heterocycles. The molecule has 0 aliphatic heterocycles. The van der Waals surface area contributed by atoms with Crippen LogP contribution in [0.5, 0.6) is 0 Å². The summed E-state index contributed by atoms with van der Waals surface area (Å²) in [6, 6.07) is 0. The lowest BCUT2D eigenvalue weighted by molar-refractivity contribution is -0.154. The molecule has 0 aromatic carbocycles. The van der Waals surface area contributed by atoms with Crippen molar-refractivity contribution in [3.63, 3.8) is 0 Å². The van der Waals surface area contributed by atoms with Crippen LogP contribution in [0.4, 0.5) is 0 Å². The van der Waals surface area contributed by atoms with Gasteiger partial charge in [0.2, 0.25) is 8.32 Å². The minimum Gasteiger partial charge on any atom is -0.412 e. The summed E-state index contributed by atoms with van der Waals surface area (Å²) in [6.45, 7) is 22.8. The van der Waals surface area contributed by atoms with Gasteiger partial charge in [0, 0.05) is 0 Å². The quantitative estimate of drug-likeness (QED) is 0.379. The molecule has 0 saturated heterocycles. The van der Waals surface area contributed by atoms with Gasteiger partial charge in [0.05, 0.1) is 0 Å². The zero-order valence-corrected chi connectivity index (χ0v) is 17.9. The van der Waals surface area contributed by atoms with Crippen molar-refractivity contribution in [1.29, 1.82) is 0 Å². The first kappa shape index (κ1) is 19.4. The Bertz CT molecular complexity index is 285. The van der Waals surface area contributed by atoms with E-state index in [1.807, 2.05) is 0 Å². The van der Waals surface area contributed by atoms with Gasteiger partial charge in [-0.25, -0.2) is 4.58 Å². The van der Waals surface area contributed by atoms with Crippen molar-refractivity contribution < 1.29 is 17.4 Å². The largest absolute Gasteiger partial charge is 0.535 e. The van der Waals surface area contributed by atoms with Crippen LogP contribution >= 0.6 is 0 Å². The minimum atomic E-state index is -2.95. The van der Waals surface area contributed by atoms with Crippen molar-refractivity contribution in [2.45, 2.75) is 58.9 Å². The lowest BCUT2D eigenvalue weighted by atomic mass is 11.3. The molecule has 0 saturated carbocycles. The molecular formula is C11H30O4Si4. The number of rotatable bonds is 8. The van der Waals surface area contributed by atoms with E-state index in [0.29, 0.717) is 0 Å². The Balaban J connectivity index is 5.12. The lowest BCUT2D eigenvalue weighted by Crippen LogP contribution is -2.56. The van der Waals surface area contributed by atoms with E-state index in [1.54, 1.807) is 5.70 Å². The van der Waals surface area contributed by atoms with Crippen LogP contribution < -0.4 is 0 Å². The average Bonchev–Trinajstić information content (AvgIpc) is 2.08. The molecule has 0 spiro atoms. The molecule has 0 unspecified atom stereocenters. The van der Waals surface area contributed by atoms with E-state index in [9.17, 15) is 0 Å². The standard InChI is InChI=1S/C11H30O4Si4/c1-11-19(14-17(5,6)7,15-18(8,9)10)13-12-16(2,3)4/h11H,1H2,2-10H3. The zero-order valence-electron chi connectivity index (χ0n) is 13.9. The third-order valence-electron chi connectivity index (χ3n) is 1.55. The van der Waals surface area contributed by atoms with Gasteiger partial charge in [0.1, 0.15) is 0 Å². The summed E-state index contributed by atoms with van der Waals surface area (Å²) in [5.41, 5.74) is 1.70. The molecule has 0 aliphatic rings. The van der Waals surface area contributed by atoms with E-state index in [4.69, 9.17) is 17.4 Å². The van der Waals surface area contributed by atoms with Crippen LogP contribution in [0, 0.1) is 0 Å². The summed E-state index contributed by atoms with van der Waals surface area (Å²) in [6.07, 6.45) is 0. The van der Waals surface area contributed by atoms with Crippen LogP contribution in [-0.4, -0.2) is 33.8 Å². The van der Waals surface area contributed by atoms with Crippen LogP contribution in [0.1, 0.15) is 0 Å². The van der Waals surface area contributed by atoms with Crippen molar-refractivity contribution in [2.24, 2.45) is 0 Å². The van der Waals surface area contributed by atoms with Gasteiger partial charge in [0.25, 0.3) is 0 Å². The monoisotopic (exact) mass is 338 g/mol. The predicted molar refractivity (Wildman–Crippen MR) is 90.3 cm³/mol. The van der Waals surface area contributed by atoms with E-state index in [1.165, 1.54) is 0 Å². The Morgan fingerprint density at radius 1 is 0.632 bits per heavy atom. The molecule has 8 heteroatoms. The molecule has 19 heavy (non-hydrogen) atoms. The van der Waals surface area contributed by atoms with Crippen molar-refractivity contribution in [3.8, 4) is 0 Å². The Morgan fingerprint density at radius 2 is 1.00 bits per heavy atom. The molecule has 114 valence electrons. The third kappa shape index (κ3) is 9.90. The third-order valence-corrected chi connectivity index (χ3v) is 10.3. The maximum Gasteiger partial charge on any atom is 0.535 e. The Hall–Kier alpha value is 0.448. The van der Waals surface area contributed by atoms with Crippen LogP contribution in [-0.2, 0) is 17.4 Å². The first-order valence-electron chi connectivity index (χ1n) is 6.59. The second kappa shape index (κ2) is 6.48. The predicted octanol–water partition coefficient (Wildman–Crippen LogP) is 4.14. The smallest absolute Gasteiger partial charge is 0.412 e. The lowest BCUT2D eigenvalue weighted by Gasteiger charge is -2.37. The van der Waals surface area contributed by atoms with Gasteiger partial charge in [-0.2, -0.15) is 0 Å². The summed E-state index contributed by atoms with van der Waals surface area (Å²) in [5.74, 6) is 0. The molecular weight excluding hydrogens is 308 g/mol. The average molecular weight is 339 g/mol. The van der Waals surface area contributed by atoms with Crippen LogP contribution in [0.25, 0.3) is 0 Å². The topological polar surface area (TPSA) is 36.9 Å². The van der Waals surface area contributed by atoms with Crippen molar-refractivity contribution in [2.75, 3.05) is 0 Å². The summed E-state index contributed by atoms with van der Waals surface area (Å²) in [4.78, 5) is 0. The molecule has 0 N–H and O–H groups in total. The van der Waals surface area contributed by atoms with Crippen molar-refractivity contribution >= 4 is 33.8 Å². The fraction of sp³-hybridized carbons (Fsp3) is 0.818. The fourth-order valence-corrected chi connectivity index (χ4v) is 11.1. The minimum absolute atomic E-state index is 1.70. The van der Waals surface area contributed by atoms with Gasteiger partial charge in [0.15, 0.2) is 16.6 Å².